The number of rotatable bonds is 1. The summed E-state index contributed by atoms with van der Waals surface area (Å²) < 4.78 is 5.76. The third-order valence-corrected chi connectivity index (χ3v) is 2.95. The zero-order valence-corrected chi connectivity index (χ0v) is 9.00. The fourth-order valence-electron chi connectivity index (χ4n) is 2.17. The first kappa shape index (κ1) is 9.53. The van der Waals surface area contributed by atoms with Crippen LogP contribution in [0.1, 0.15) is 24.1 Å². The van der Waals surface area contributed by atoms with E-state index in [9.17, 15) is 0 Å². The van der Waals surface area contributed by atoms with Gasteiger partial charge in [-0.05, 0) is 19.5 Å². The lowest BCUT2D eigenvalue weighted by atomic mass is 9.91. The molecule has 0 radical (unpaired) electrons. The molecule has 0 aliphatic carbocycles. The molecule has 1 aromatic carbocycles. The molecule has 0 bridgehead atoms. The molecule has 2 rings (SSSR count). The van der Waals surface area contributed by atoms with Crippen LogP contribution in [0.3, 0.4) is 0 Å². The second-order valence-corrected chi connectivity index (χ2v) is 4.05. The maximum atomic E-state index is 5.76. The van der Waals surface area contributed by atoms with E-state index in [1.165, 1.54) is 11.1 Å². The van der Waals surface area contributed by atoms with Crippen molar-refractivity contribution in [3.8, 4) is 5.75 Å². The van der Waals surface area contributed by atoms with Crippen LogP contribution in [0.4, 0.5) is 0 Å². The second-order valence-electron chi connectivity index (χ2n) is 4.05. The molecule has 14 heavy (non-hydrogen) atoms. The molecular formula is C12H17NO. The highest BCUT2D eigenvalue weighted by atomic mass is 16.5. The molecule has 0 saturated carbocycles. The first-order chi connectivity index (χ1) is 6.74. The molecule has 0 aromatic heterocycles. The highest BCUT2D eigenvalue weighted by Gasteiger charge is 2.27. The molecule has 1 N–H and O–H groups in total. The average molecular weight is 191 g/mol. The third kappa shape index (κ3) is 1.40. The lowest BCUT2D eigenvalue weighted by Gasteiger charge is -2.32. The van der Waals surface area contributed by atoms with E-state index in [2.05, 4.69) is 37.4 Å². The van der Waals surface area contributed by atoms with Crippen LogP contribution in [0.2, 0.25) is 0 Å². The molecule has 2 atom stereocenters. The van der Waals surface area contributed by atoms with Gasteiger partial charge in [-0.2, -0.15) is 0 Å². The highest BCUT2D eigenvalue weighted by molar-refractivity contribution is 5.44. The Morgan fingerprint density at radius 2 is 2.21 bits per heavy atom. The monoisotopic (exact) mass is 191 g/mol. The molecule has 0 spiro atoms. The van der Waals surface area contributed by atoms with Crippen LogP contribution in [0, 0.1) is 12.8 Å². The largest absolute Gasteiger partial charge is 0.493 e. The summed E-state index contributed by atoms with van der Waals surface area (Å²) in [6.45, 7) is 5.12. The van der Waals surface area contributed by atoms with E-state index in [-0.39, 0.29) is 0 Å². The van der Waals surface area contributed by atoms with Crippen molar-refractivity contribution in [2.75, 3.05) is 13.7 Å². The van der Waals surface area contributed by atoms with Gasteiger partial charge in [0, 0.05) is 17.5 Å². The van der Waals surface area contributed by atoms with E-state index < -0.39 is 0 Å². The van der Waals surface area contributed by atoms with Crippen molar-refractivity contribution in [1.82, 2.24) is 5.32 Å². The minimum atomic E-state index is 0.429. The van der Waals surface area contributed by atoms with E-state index in [4.69, 9.17) is 4.74 Å². The quantitative estimate of drug-likeness (QED) is 0.735. The smallest absolute Gasteiger partial charge is 0.126 e. The van der Waals surface area contributed by atoms with Crippen LogP contribution in [-0.2, 0) is 0 Å². The molecule has 0 saturated heterocycles. The summed E-state index contributed by atoms with van der Waals surface area (Å²) in [5.41, 5.74) is 2.53. The van der Waals surface area contributed by atoms with E-state index in [1.54, 1.807) is 0 Å². The Kier molecular flexibility index (Phi) is 2.46. The fraction of sp³-hybridized carbons (Fsp3) is 0.500. The standard InChI is InChI=1S/C12H17NO/c1-8-5-4-6-10-11(13-3)9(2)7-14-12(8)10/h4-6,9,11,13H,7H2,1-3H3. The van der Waals surface area contributed by atoms with Crippen LogP contribution in [-0.4, -0.2) is 13.7 Å². The topological polar surface area (TPSA) is 21.3 Å². The molecule has 2 nitrogen and oxygen atoms in total. The Morgan fingerprint density at radius 3 is 2.93 bits per heavy atom. The minimum absolute atomic E-state index is 0.429. The number of hydrogen-bond donors (Lipinski definition) is 1. The number of fused-ring (bicyclic) bond motifs is 1. The molecule has 1 aliphatic rings. The molecule has 1 heterocycles. The first-order valence-corrected chi connectivity index (χ1v) is 5.13. The number of hydrogen-bond acceptors (Lipinski definition) is 2. The Bertz CT molecular complexity index is 335. The van der Waals surface area contributed by atoms with Gasteiger partial charge in [-0.1, -0.05) is 25.1 Å². The molecule has 1 aromatic rings. The highest BCUT2D eigenvalue weighted by Crippen LogP contribution is 2.36. The van der Waals surface area contributed by atoms with Crippen molar-refractivity contribution in [3.05, 3.63) is 29.3 Å². The summed E-state index contributed by atoms with van der Waals surface area (Å²) in [4.78, 5) is 0. The van der Waals surface area contributed by atoms with E-state index in [1.807, 2.05) is 7.05 Å². The van der Waals surface area contributed by atoms with Gasteiger partial charge >= 0.3 is 0 Å². The number of ether oxygens (including phenoxy) is 1. The summed E-state index contributed by atoms with van der Waals surface area (Å²) in [7, 11) is 2.01. The predicted octanol–water partition coefficient (Wildman–Crippen LogP) is 2.28. The van der Waals surface area contributed by atoms with Crippen molar-refractivity contribution in [2.24, 2.45) is 5.92 Å². The Labute approximate surface area is 85.3 Å². The van der Waals surface area contributed by atoms with E-state index in [0.29, 0.717) is 12.0 Å². The van der Waals surface area contributed by atoms with Gasteiger partial charge in [-0.3, -0.25) is 0 Å². The normalized spacial score (nSPS) is 25.4. The fourth-order valence-corrected chi connectivity index (χ4v) is 2.17. The van der Waals surface area contributed by atoms with Crippen LogP contribution >= 0.6 is 0 Å². The van der Waals surface area contributed by atoms with Gasteiger partial charge in [0.15, 0.2) is 0 Å². The summed E-state index contributed by atoms with van der Waals surface area (Å²) in [5.74, 6) is 1.61. The first-order valence-electron chi connectivity index (χ1n) is 5.13. The summed E-state index contributed by atoms with van der Waals surface area (Å²) in [6, 6.07) is 6.78. The third-order valence-electron chi connectivity index (χ3n) is 2.95. The van der Waals surface area contributed by atoms with Gasteiger partial charge in [0.2, 0.25) is 0 Å². The Balaban J connectivity index is 2.46. The summed E-state index contributed by atoms with van der Waals surface area (Å²) >= 11 is 0. The molecule has 0 fully saturated rings. The number of para-hydroxylation sites is 1. The minimum Gasteiger partial charge on any atom is -0.493 e. The van der Waals surface area contributed by atoms with Crippen LogP contribution < -0.4 is 10.1 Å². The van der Waals surface area contributed by atoms with Gasteiger partial charge < -0.3 is 10.1 Å². The lowest BCUT2D eigenvalue weighted by Crippen LogP contribution is -2.32. The molecular weight excluding hydrogens is 174 g/mol. The van der Waals surface area contributed by atoms with E-state index in [0.717, 1.165) is 12.4 Å². The molecule has 1 aliphatic heterocycles. The summed E-state index contributed by atoms with van der Waals surface area (Å²) in [5, 5.41) is 3.36. The predicted molar refractivity (Wildman–Crippen MR) is 57.6 cm³/mol. The molecule has 2 unspecified atom stereocenters. The van der Waals surface area contributed by atoms with Crippen LogP contribution in [0.15, 0.2) is 18.2 Å². The van der Waals surface area contributed by atoms with Crippen molar-refractivity contribution in [2.45, 2.75) is 19.9 Å². The van der Waals surface area contributed by atoms with Gasteiger partial charge in [-0.15, -0.1) is 0 Å². The lowest BCUT2D eigenvalue weighted by molar-refractivity contribution is 0.192. The van der Waals surface area contributed by atoms with Crippen LogP contribution in [0.5, 0.6) is 5.75 Å². The van der Waals surface area contributed by atoms with E-state index >= 15 is 0 Å². The van der Waals surface area contributed by atoms with Gasteiger partial charge in [-0.25, -0.2) is 0 Å². The average Bonchev–Trinajstić information content (AvgIpc) is 2.18. The molecule has 0 amide bonds. The van der Waals surface area contributed by atoms with Crippen molar-refractivity contribution in [3.63, 3.8) is 0 Å². The van der Waals surface area contributed by atoms with Gasteiger partial charge in [0.25, 0.3) is 0 Å². The maximum Gasteiger partial charge on any atom is 0.126 e. The van der Waals surface area contributed by atoms with Crippen molar-refractivity contribution < 1.29 is 4.74 Å². The van der Waals surface area contributed by atoms with Crippen molar-refractivity contribution >= 4 is 0 Å². The molecule has 76 valence electrons. The van der Waals surface area contributed by atoms with Gasteiger partial charge in [0.05, 0.1) is 6.61 Å². The van der Waals surface area contributed by atoms with Crippen molar-refractivity contribution in [1.29, 1.82) is 0 Å². The summed E-state index contributed by atoms with van der Waals surface area (Å²) in [6.07, 6.45) is 0. The number of nitrogens with one attached hydrogen (secondary N) is 1. The zero-order chi connectivity index (χ0) is 10.1. The number of aryl methyl sites for hydroxylation is 1. The Morgan fingerprint density at radius 1 is 1.43 bits per heavy atom. The maximum absolute atomic E-state index is 5.76. The molecule has 2 heteroatoms. The van der Waals surface area contributed by atoms with Crippen LogP contribution in [0.25, 0.3) is 0 Å². The second kappa shape index (κ2) is 3.62. The number of benzene rings is 1. The Hall–Kier alpha value is -1.02. The van der Waals surface area contributed by atoms with Gasteiger partial charge in [0.1, 0.15) is 5.75 Å². The zero-order valence-electron chi connectivity index (χ0n) is 9.00. The SMILES string of the molecule is CNC1c2cccc(C)c2OCC1C.